The van der Waals surface area contributed by atoms with Crippen LogP contribution in [0, 0.1) is 5.82 Å². The Labute approximate surface area is 145 Å². The van der Waals surface area contributed by atoms with Crippen molar-refractivity contribution >= 4 is 23.5 Å². The average molecular weight is 348 g/mol. The Balaban J connectivity index is 1.46. The molecule has 0 radical (unpaired) electrons. The van der Waals surface area contributed by atoms with Crippen molar-refractivity contribution in [2.75, 3.05) is 44.6 Å². The average Bonchev–Trinajstić information content (AvgIpc) is 3.02. The molecule has 8 heteroatoms. The predicted octanol–water partition coefficient (Wildman–Crippen LogP) is 1.12. The Morgan fingerprint density at radius 2 is 1.64 bits per heavy atom. The first-order valence-electron chi connectivity index (χ1n) is 8.40. The molecule has 2 aliphatic rings. The Kier molecular flexibility index (Phi) is 5.16. The first-order chi connectivity index (χ1) is 12.0. The van der Waals surface area contributed by atoms with E-state index in [1.807, 2.05) is 0 Å². The van der Waals surface area contributed by atoms with Gasteiger partial charge in [0.15, 0.2) is 0 Å². The molecule has 2 saturated heterocycles. The fourth-order valence-electron chi connectivity index (χ4n) is 3.03. The number of benzene rings is 1. The van der Waals surface area contributed by atoms with Crippen LogP contribution in [-0.2, 0) is 9.59 Å². The van der Waals surface area contributed by atoms with Crippen LogP contribution in [0.2, 0.25) is 0 Å². The summed E-state index contributed by atoms with van der Waals surface area (Å²) in [6.45, 7) is 2.50. The largest absolute Gasteiger partial charge is 0.338 e. The first-order valence-corrected chi connectivity index (χ1v) is 8.40. The molecular weight excluding hydrogens is 327 g/mol. The van der Waals surface area contributed by atoms with Gasteiger partial charge < -0.3 is 20.0 Å². The van der Waals surface area contributed by atoms with Gasteiger partial charge in [-0.15, -0.1) is 0 Å². The van der Waals surface area contributed by atoms with Gasteiger partial charge in [0.1, 0.15) is 5.82 Å². The fraction of sp³-hybridized carbons (Fsp3) is 0.471. The van der Waals surface area contributed by atoms with Gasteiger partial charge in [-0.05, 0) is 30.7 Å². The Bertz CT molecular complexity index is 656. The number of nitrogens with zero attached hydrogens (tertiary/aromatic N) is 3. The van der Waals surface area contributed by atoms with Gasteiger partial charge in [0, 0.05) is 44.8 Å². The van der Waals surface area contributed by atoms with Crippen LogP contribution in [0.25, 0.3) is 0 Å². The molecule has 0 atom stereocenters. The van der Waals surface area contributed by atoms with E-state index in [0.717, 1.165) is 6.42 Å². The van der Waals surface area contributed by atoms with Crippen molar-refractivity contribution in [3.05, 3.63) is 30.1 Å². The highest BCUT2D eigenvalue weighted by atomic mass is 19.1. The molecule has 0 aromatic heterocycles. The van der Waals surface area contributed by atoms with Gasteiger partial charge in [-0.25, -0.2) is 9.18 Å². The molecule has 2 fully saturated rings. The van der Waals surface area contributed by atoms with Crippen molar-refractivity contribution in [2.45, 2.75) is 12.8 Å². The van der Waals surface area contributed by atoms with Crippen molar-refractivity contribution in [3.63, 3.8) is 0 Å². The molecule has 134 valence electrons. The van der Waals surface area contributed by atoms with E-state index in [1.54, 1.807) is 14.7 Å². The number of likely N-dealkylation sites (tertiary alicyclic amines) is 1. The number of urea groups is 1. The summed E-state index contributed by atoms with van der Waals surface area (Å²) in [6, 6.07) is 5.30. The maximum absolute atomic E-state index is 12.9. The lowest BCUT2D eigenvalue weighted by Crippen LogP contribution is -2.53. The monoisotopic (exact) mass is 348 g/mol. The molecular formula is C17H21FN4O3. The summed E-state index contributed by atoms with van der Waals surface area (Å²) in [5.41, 5.74) is 0.525. The van der Waals surface area contributed by atoms with Crippen molar-refractivity contribution in [1.29, 1.82) is 0 Å². The van der Waals surface area contributed by atoms with Gasteiger partial charge in [-0.2, -0.15) is 0 Å². The third-order valence-corrected chi connectivity index (χ3v) is 4.51. The molecule has 1 aromatic rings. The van der Waals surface area contributed by atoms with Crippen molar-refractivity contribution in [3.8, 4) is 0 Å². The van der Waals surface area contributed by atoms with Crippen molar-refractivity contribution < 1.29 is 18.8 Å². The quantitative estimate of drug-likeness (QED) is 0.890. The smallest absolute Gasteiger partial charge is 0.321 e. The summed E-state index contributed by atoms with van der Waals surface area (Å²) in [5, 5.41) is 2.71. The van der Waals surface area contributed by atoms with Crippen LogP contribution in [0.3, 0.4) is 0 Å². The highest BCUT2D eigenvalue weighted by Crippen LogP contribution is 2.12. The summed E-state index contributed by atoms with van der Waals surface area (Å²) in [4.78, 5) is 41.0. The molecule has 25 heavy (non-hydrogen) atoms. The molecule has 0 saturated carbocycles. The second kappa shape index (κ2) is 7.50. The molecule has 4 amide bonds. The SMILES string of the molecule is O=C(CN1CCCC1=O)N1CCN(C(=O)Nc2ccc(F)cc2)CC1. The summed E-state index contributed by atoms with van der Waals surface area (Å²) in [7, 11) is 0. The number of hydrogen-bond donors (Lipinski definition) is 1. The first kappa shape index (κ1) is 17.2. The highest BCUT2D eigenvalue weighted by molar-refractivity contribution is 5.90. The zero-order valence-electron chi connectivity index (χ0n) is 13.9. The summed E-state index contributed by atoms with van der Waals surface area (Å²) in [6.07, 6.45) is 1.33. The Hall–Kier alpha value is -2.64. The van der Waals surface area contributed by atoms with Crippen LogP contribution in [0.5, 0.6) is 0 Å². The summed E-state index contributed by atoms with van der Waals surface area (Å²) >= 11 is 0. The van der Waals surface area contributed by atoms with Crippen LogP contribution in [0.1, 0.15) is 12.8 Å². The van der Waals surface area contributed by atoms with Gasteiger partial charge >= 0.3 is 6.03 Å². The van der Waals surface area contributed by atoms with E-state index >= 15 is 0 Å². The molecule has 0 bridgehead atoms. The minimum Gasteiger partial charge on any atom is -0.338 e. The summed E-state index contributed by atoms with van der Waals surface area (Å²) in [5.74, 6) is -0.402. The lowest BCUT2D eigenvalue weighted by molar-refractivity contribution is -0.139. The van der Waals surface area contributed by atoms with Crippen LogP contribution in [0.4, 0.5) is 14.9 Å². The number of amides is 4. The maximum Gasteiger partial charge on any atom is 0.321 e. The number of anilines is 1. The molecule has 0 unspecified atom stereocenters. The molecule has 1 N–H and O–H groups in total. The number of piperazine rings is 1. The van der Waals surface area contributed by atoms with Crippen LogP contribution < -0.4 is 5.32 Å². The minimum atomic E-state index is -0.360. The number of nitrogens with one attached hydrogen (secondary N) is 1. The van der Waals surface area contributed by atoms with E-state index in [9.17, 15) is 18.8 Å². The van der Waals surface area contributed by atoms with E-state index in [2.05, 4.69) is 5.32 Å². The Morgan fingerprint density at radius 1 is 1.00 bits per heavy atom. The maximum atomic E-state index is 12.9. The van der Waals surface area contributed by atoms with E-state index < -0.39 is 0 Å². The number of hydrogen-bond acceptors (Lipinski definition) is 3. The van der Waals surface area contributed by atoms with Crippen molar-refractivity contribution in [1.82, 2.24) is 14.7 Å². The number of rotatable bonds is 3. The topological polar surface area (TPSA) is 73.0 Å². The lowest BCUT2D eigenvalue weighted by Gasteiger charge is -2.35. The van der Waals surface area contributed by atoms with E-state index in [4.69, 9.17) is 0 Å². The molecule has 2 heterocycles. The second-order valence-electron chi connectivity index (χ2n) is 6.22. The standard InChI is InChI=1S/C17H21FN4O3/c18-13-3-5-14(6-4-13)19-17(25)21-10-8-20(9-11-21)16(24)12-22-7-1-2-15(22)23/h3-6H,1-2,7-12H2,(H,19,25). The van der Waals surface area contributed by atoms with Crippen LogP contribution >= 0.6 is 0 Å². The molecule has 1 aromatic carbocycles. The third-order valence-electron chi connectivity index (χ3n) is 4.51. The van der Waals surface area contributed by atoms with Crippen molar-refractivity contribution in [2.24, 2.45) is 0 Å². The Morgan fingerprint density at radius 3 is 2.24 bits per heavy atom. The van der Waals surface area contributed by atoms with E-state index in [1.165, 1.54) is 24.3 Å². The molecule has 2 aliphatic heterocycles. The second-order valence-corrected chi connectivity index (χ2v) is 6.22. The van der Waals surface area contributed by atoms with Gasteiger partial charge in [-0.1, -0.05) is 0 Å². The van der Waals surface area contributed by atoms with E-state index in [-0.39, 0.29) is 30.2 Å². The normalized spacial score (nSPS) is 17.8. The van der Waals surface area contributed by atoms with Gasteiger partial charge in [0.2, 0.25) is 11.8 Å². The number of carbonyl (C=O) groups excluding carboxylic acids is 3. The third kappa shape index (κ3) is 4.26. The van der Waals surface area contributed by atoms with Crippen LogP contribution in [-0.4, -0.2) is 71.8 Å². The van der Waals surface area contributed by atoms with E-state index in [0.29, 0.717) is 44.8 Å². The fourth-order valence-corrected chi connectivity index (χ4v) is 3.03. The zero-order valence-corrected chi connectivity index (χ0v) is 13.9. The van der Waals surface area contributed by atoms with Gasteiger partial charge in [-0.3, -0.25) is 9.59 Å². The summed E-state index contributed by atoms with van der Waals surface area (Å²) < 4.78 is 12.9. The molecule has 0 spiro atoms. The minimum absolute atomic E-state index is 0.0330. The number of carbonyl (C=O) groups is 3. The lowest BCUT2D eigenvalue weighted by atomic mass is 10.3. The van der Waals surface area contributed by atoms with Crippen LogP contribution in [0.15, 0.2) is 24.3 Å². The highest BCUT2D eigenvalue weighted by Gasteiger charge is 2.28. The zero-order chi connectivity index (χ0) is 17.8. The number of halogens is 1. The van der Waals surface area contributed by atoms with Gasteiger partial charge in [0.05, 0.1) is 6.54 Å². The molecule has 3 rings (SSSR count). The predicted molar refractivity (Wildman–Crippen MR) is 89.4 cm³/mol. The molecule has 7 nitrogen and oxygen atoms in total. The van der Waals surface area contributed by atoms with Gasteiger partial charge in [0.25, 0.3) is 0 Å². The molecule has 0 aliphatic carbocycles.